The molecule has 1 aromatic rings. The topological polar surface area (TPSA) is 82.0 Å². The molecule has 0 saturated carbocycles. The van der Waals surface area contributed by atoms with Crippen LogP contribution in [-0.2, 0) is 0 Å². The number of carbonyl (C=O) groups is 1. The van der Waals surface area contributed by atoms with Crippen molar-refractivity contribution in [1.82, 2.24) is 10.1 Å². The molecule has 2 N–H and O–H groups in total. The fourth-order valence-corrected chi connectivity index (χ4v) is 0.282. The Hall–Kier alpha value is -1.39. The van der Waals surface area contributed by atoms with Gasteiger partial charge in [-0.1, -0.05) is 5.16 Å². The molecule has 0 aromatic carbocycles. The Morgan fingerprint density at radius 3 is 2.88 bits per heavy atom. The second kappa shape index (κ2) is 1.61. The lowest BCUT2D eigenvalue weighted by Crippen LogP contribution is -2.10. The Morgan fingerprint density at radius 1 is 1.88 bits per heavy atom. The summed E-state index contributed by atoms with van der Waals surface area (Å²) in [4.78, 5) is 13.5. The summed E-state index contributed by atoms with van der Waals surface area (Å²) in [6, 6.07) is 0. The molecule has 0 radical (unpaired) electrons. The standard InChI is InChI=1S/C3H3N3O2/c4-2(7)3-5-1-6-8-3/h1H,(H2,4,7). The van der Waals surface area contributed by atoms with Crippen LogP contribution in [-0.4, -0.2) is 16.0 Å². The molecule has 42 valence electrons. The first-order valence-electron chi connectivity index (χ1n) is 1.87. The van der Waals surface area contributed by atoms with Crippen LogP contribution in [0.15, 0.2) is 10.9 Å². The van der Waals surface area contributed by atoms with E-state index in [1.54, 1.807) is 0 Å². The molecule has 0 fully saturated rings. The number of rotatable bonds is 1. The molecule has 5 nitrogen and oxygen atoms in total. The normalized spacial score (nSPS) is 9.00. The zero-order valence-corrected chi connectivity index (χ0v) is 3.87. The van der Waals surface area contributed by atoms with E-state index in [4.69, 9.17) is 5.73 Å². The Balaban J connectivity index is 2.93. The molecule has 5 heteroatoms. The zero-order chi connectivity index (χ0) is 5.98. The fraction of sp³-hybridized carbons (Fsp3) is 0. The predicted octanol–water partition coefficient (Wildman–Crippen LogP) is -0.832. The highest BCUT2D eigenvalue weighted by Gasteiger charge is 2.03. The van der Waals surface area contributed by atoms with Crippen molar-refractivity contribution >= 4 is 5.91 Å². The van der Waals surface area contributed by atoms with Crippen molar-refractivity contribution in [3.63, 3.8) is 0 Å². The van der Waals surface area contributed by atoms with E-state index in [1.165, 1.54) is 0 Å². The van der Waals surface area contributed by atoms with Gasteiger partial charge in [-0.15, -0.1) is 0 Å². The number of hydrogen-bond donors (Lipinski definition) is 1. The first-order chi connectivity index (χ1) is 3.80. The number of primary amides is 1. The van der Waals surface area contributed by atoms with Crippen LogP contribution < -0.4 is 5.73 Å². The van der Waals surface area contributed by atoms with Crippen LogP contribution in [0.3, 0.4) is 0 Å². The molecule has 0 bridgehead atoms. The maximum atomic E-state index is 10.1. The Bertz CT molecular complexity index is 180. The lowest BCUT2D eigenvalue weighted by molar-refractivity contribution is 0.0958. The molecule has 8 heavy (non-hydrogen) atoms. The van der Waals surface area contributed by atoms with Gasteiger partial charge in [0.05, 0.1) is 0 Å². The van der Waals surface area contributed by atoms with E-state index in [-0.39, 0.29) is 5.89 Å². The largest absolute Gasteiger partial charge is 0.361 e. The quantitative estimate of drug-likeness (QED) is 0.515. The first-order valence-corrected chi connectivity index (χ1v) is 1.87. The maximum absolute atomic E-state index is 10.1. The summed E-state index contributed by atoms with van der Waals surface area (Å²) in [6.07, 6.45) is 1.11. The van der Waals surface area contributed by atoms with Crippen molar-refractivity contribution < 1.29 is 9.32 Å². The third-order valence-corrected chi connectivity index (χ3v) is 0.572. The highest BCUT2D eigenvalue weighted by atomic mass is 16.5. The van der Waals surface area contributed by atoms with Gasteiger partial charge in [-0.2, -0.15) is 4.98 Å². The monoisotopic (exact) mass is 113 g/mol. The third kappa shape index (κ3) is 0.651. The first kappa shape index (κ1) is 4.76. The second-order valence-electron chi connectivity index (χ2n) is 1.11. The molecule has 1 rings (SSSR count). The van der Waals surface area contributed by atoms with Crippen LogP contribution in [0, 0.1) is 0 Å². The SMILES string of the molecule is NC(=O)c1ncno1. The smallest absolute Gasteiger partial charge is 0.315 e. The van der Waals surface area contributed by atoms with Gasteiger partial charge in [0.25, 0.3) is 0 Å². The maximum Gasteiger partial charge on any atom is 0.315 e. The molecule has 0 spiro atoms. The van der Waals surface area contributed by atoms with E-state index in [2.05, 4.69) is 14.7 Å². The van der Waals surface area contributed by atoms with Crippen LogP contribution in [0.5, 0.6) is 0 Å². The molecule has 0 saturated heterocycles. The Morgan fingerprint density at radius 2 is 2.62 bits per heavy atom. The minimum Gasteiger partial charge on any atom is -0.361 e. The Labute approximate surface area is 44.5 Å². The molecule has 0 aliphatic heterocycles. The van der Waals surface area contributed by atoms with Gasteiger partial charge in [-0.25, -0.2) is 0 Å². The van der Waals surface area contributed by atoms with E-state index in [0.29, 0.717) is 0 Å². The van der Waals surface area contributed by atoms with E-state index in [1.807, 2.05) is 0 Å². The Kier molecular flexibility index (Phi) is 0.957. The molecule has 1 heterocycles. The summed E-state index contributed by atoms with van der Waals surface area (Å²) in [7, 11) is 0. The van der Waals surface area contributed by atoms with Crippen LogP contribution in [0.2, 0.25) is 0 Å². The zero-order valence-electron chi connectivity index (χ0n) is 3.87. The number of hydrogen-bond acceptors (Lipinski definition) is 4. The van der Waals surface area contributed by atoms with Crippen molar-refractivity contribution in [3.8, 4) is 0 Å². The molecule has 0 aliphatic rings. The summed E-state index contributed by atoms with van der Waals surface area (Å²) in [5, 5.41) is 3.16. The summed E-state index contributed by atoms with van der Waals surface area (Å²) in [6.45, 7) is 0. The van der Waals surface area contributed by atoms with E-state index >= 15 is 0 Å². The second-order valence-corrected chi connectivity index (χ2v) is 1.11. The minimum atomic E-state index is -0.706. The average Bonchev–Trinajstić information content (AvgIpc) is 2.12. The van der Waals surface area contributed by atoms with E-state index in [9.17, 15) is 4.79 Å². The molecule has 1 amide bonds. The number of amides is 1. The number of carbonyl (C=O) groups excluding carboxylic acids is 1. The number of nitrogens with zero attached hydrogens (tertiary/aromatic N) is 2. The number of aromatic nitrogens is 2. The lowest BCUT2D eigenvalue weighted by atomic mass is 10.6. The summed E-state index contributed by atoms with van der Waals surface area (Å²) >= 11 is 0. The van der Waals surface area contributed by atoms with Gasteiger partial charge in [-0.05, 0) is 0 Å². The lowest BCUT2D eigenvalue weighted by Gasteiger charge is -1.76. The highest BCUT2D eigenvalue weighted by molar-refractivity contribution is 5.87. The number of nitrogens with two attached hydrogens (primary N) is 1. The van der Waals surface area contributed by atoms with Crippen LogP contribution in [0.25, 0.3) is 0 Å². The van der Waals surface area contributed by atoms with Gasteiger partial charge < -0.3 is 10.3 Å². The molecular formula is C3H3N3O2. The molecule has 1 aromatic heterocycles. The molecular weight excluding hydrogens is 110 g/mol. The van der Waals surface area contributed by atoms with Crippen LogP contribution >= 0.6 is 0 Å². The van der Waals surface area contributed by atoms with Gasteiger partial charge in [0.2, 0.25) is 0 Å². The summed E-state index contributed by atoms with van der Waals surface area (Å²) in [5.74, 6) is -0.868. The van der Waals surface area contributed by atoms with Gasteiger partial charge >= 0.3 is 11.8 Å². The molecule has 0 atom stereocenters. The summed E-state index contributed by atoms with van der Waals surface area (Å²) in [5.41, 5.74) is 4.72. The van der Waals surface area contributed by atoms with Crippen molar-refractivity contribution in [1.29, 1.82) is 0 Å². The third-order valence-electron chi connectivity index (χ3n) is 0.572. The van der Waals surface area contributed by atoms with Crippen molar-refractivity contribution in [2.75, 3.05) is 0 Å². The van der Waals surface area contributed by atoms with Crippen molar-refractivity contribution in [2.45, 2.75) is 0 Å². The molecule has 0 unspecified atom stereocenters. The van der Waals surface area contributed by atoms with Gasteiger partial charge in [0.1, 0.15) is 0 Å². The highest BCUT2D eigenvalue weighted by Crippen LogP contribution is 1.85. The van der Waals surface area contributed by atoms with Crippen molar-refractivity contribution in [3.05, 3.63) is 12.2 Å². The minimum absolute atomic E-state index is 0.162. The summed E-state index contributed by atoms with van der Waals surface area (Å²) < 4.78 is 4.26. The van der Waals surface area contributed by atoms with Crippen molar-refractivity contribution in [2.24, 2.45) is 5.73 Å². The van der Waals surface area contributed by atoms with Gasteiger partial charge in [0.15, 0.2) is 6.33 Å². The predicted molar refractivity (Wildman–Crippen MR) is 22.8 cm³/mol. The van der Waals surface area contributed by atoms with Crippen LogP contribution in [0.4, 0.5) is 0 Å². The molecule has 0 aliphatic carbocycles. The van der Waals surface area contributed by atoms with Gasteiger partial charge in [0, 0.05) is 0 Å². The van der Waals surface area contributed by atoms with Gasteiger partial charge in [-0.3, -0.25) is 4.79 Å². The fourth-order valence-electron chi connectivity index (χ4n) is 0.282. The van der Waals surface area contributed by atoms with Crippen LogP contribution in [0.1, 0.15) is 10.7 Å². The average molecular weight is 113 g/mol. The van der Waals surface area contributed by atoms with E-state index < -0.39 is 5.91 Å². The van der Waals surface area contributed by atoms with E-state index in [0.717, 1.165) is 6.33 Å².